The summed E-state index contributed by atoms with van der Waals surface area (Å²) < 4.78 is 50.8. The molecule has 0 radical (unpaired) electrons. The molecule has 0 N–H and O–H groups in total. The van der Waals surface area contributed by atoms with Gasteiger partial charge in [-0.05, 0) is 0 Å². The molecule has 9 nitrogen and oxygen atoms in total. The molecule has 2 aliphatic heterocycles. The Balaban J connectivity index is 1.80. The SMILES string of the molecule is O1[SiH2]O[SiH2]O[SiH2]S[SiH]([SiH]2O[SiH2]O[SiH2]O[SiH2]O2)O[SiH2]O[SiH2]1. The Kier molecular flexibility index (Phi) is 11.6. The van der Waals surface area contributed by atoms with Crippen LogP contribution in [0.25, 0.3) is 0 Å². The van der Waals surface area contributed by atoms with Crippen molar-refractivity contribution >= 4 is 106 Å². The lowest BCUT2D eigenvalue weighted by Crippen LogP contribution is -2.47. The Bertz CT molecular complexity index is 225. The standard InChI is InChI=1S/H18O9SSi10/c1-11-2-14-6-18-10-20(9-17-5-12-1)19-7-15-3-13-4-16-8-19/h19-20H,11-18H2. The Morgan fingerprint density at radius 3 is 1.70 bits per heavy atom. The topological polar surface area (TPSA) is 83.1 Å². The maximum Gasteiger partial charge on any atom is 0.323 e. The van der Waals surface area contributed by atoms with Crippen LogP contribution < -0.4 is 0 Å². The quantitative estimate of drug-likeness (QED) is 0.342. The van der Waals surface area contributed by atoms with Gasteiger partial charge in [-0.15, -0.1) is 0 Å². The average molecular weight is 475 g/mol. The highest BCUT2D eigenvalue weighted by atomic mass is 32.5. The van der Waals surface area contributed by atoms with Gasteiger partial charge in [0, 0.05) is 0 Å². The fourth-order valence-electron chi connectivity index (χ4n) is 1.31. The van der Waals surface area contributed by atoms with Gasteiger partial charge in [-0.3, -0.25) is 0 Å². The summed E-state index contributed by atoms with van der Waals surface area (Å²) in [4.78, 5) is 0. The predicted molar refractivity (Wildman–Crippen MR) is 100 cm³/mol. The second kappa shape index (κ2) is 12.6. The van der Waals surface area contributed by atoms with Gasteiger partial charge in [0.25, 0.3) is 77.8 Å². The zero-order chi connectivity index (χ0) is 13.9. The molecule has 0 spiro atoms. The minimum Gasteiger partial charge on any atom is -0.437 e. The van der Waals surface area contributed by atoms with Gasteiger partial charge >= 0.3 is 8.80 Å². The molecule has 1 atom stereocenters. The highest BCUT2D eigenvalue weighted by molar-refractivity contribution is 8.45. The average Bonchev–Trinajstić information content (AvgIpc) is 2.40. The third-order valence-electron chi connectivity index (χ3n) is 2.15. The van der Waals surface area contributed by atoms with Crippen LogP contribution in [0.4, 0.5) is 0 Å². The van der Waals surface area contributed by atoms with Crippen LogP contribution in [0.2, 0.25) is 0 Å². The maximum absolute atomic E-state index is 6.03. The minimum absolute atomic E-state index is 0.658. The lowest BCUT2D eigenvalue weighted by atomic mass is 15.7. The number of rotatable bonds is 1. The normalized spacial score (nSPS) is 42.0. The minimum atomic E-state index is -1.75. The first-order valence-electron chi connectivity index (χ1n) is 5.89. The van der Waals surface area contributed by atoms with Gasteiger partial charge in [0.05, 0.1) is 0 Å². The van der Waals surface area contributed by atoms with E-state index in [0.29, 0.717) is 0 Å². The van der Waals surface area contributed by atoms with Crippen molar-refractivity contribution in [2.75, 3.05) is 0 Å². The third-order valence-corrected chi connectivity index (χ3v) is 38.7. The zero-order valence-corrected chi connectivity index (χ0v) is 25.3. The molecule has 118 valence electrons. The third kappa shape index (κ3) is 8.14. The first-order valence-corrected chi connectivity index (χ1v) is 22.8. The van der Waals surface area contributed by atoms with Crippen molar-refractivity contribution in [3.8, 4) is 0 Å². The van der Waals surface area contributed by atoms with Gasteiger partial charge in [0.15, 0.2) is 0 Å². The van der Waals surface area contributed by atoms with E-state index in [1.54, 1.807) is 0 Å². The molecule has 0 saturated carbocycles. The summed E-state index contributed by atoms with van der Waals surface area (Å²) in [5.41, 5.74) is 0. The van der Waals surface area contributed by atoms with Crippen molar-refractivity contribution in [2.24, 2.45) is 0 Å². The zero-order valence-electron chi connectivity index (χ0n) is 10.9. The molecule has 2 heterocycles. The summed E-state index contributed by atoms with van der Waals surface area (Å²) in [6, 6.07) is 0. The van der Waals surface area contributed by atoms with Crippen LogP contribution in [-0.4, -0.2) is 95.5 Å². The molecule has 1 unspecified atom stereocenters. The highest BCUT2D eigenvalue weighted by Crippen LogP contribution is 2.12. The molecule has 20 heavy (non-hydrogen) atoms. The smallest absolute Gasteiger partial charge is 0.323 e. The summed E-state index contributed by atoms with van der Waals surface area (Å²) in [5, 5.41) is 0. The van der Waals surface area contributed by atoms with Crippen LogP contribution in [-0.2, 0) is 37.0 Å². The first kappa shape index (κ1) is 18.5. The maximum atomic E-state index is 6.03. The van der Waals surface area contributed by atoms with Gasteiger partial charge in [0.2, 0.25) is 8.91 Å². The van der Waals surface area contributed by atoms with E-state index < -0.39 is 95.5 Å². The molecule has 2 aliphatic rings. The van der Waals surface area contributed by atoms with E-state index in [4.69, 9.17) is 37.0 Å². The van der Waals surface area contributed by atoms with Gasteiger partial charge < -0.3 is 37.0 Å². The summed E-state index contributed by atoms with van der Waals surface area (Å²) in [6.45, 7) is 0. The van der Waals surface area contributed by atoms with Crippen LogP contribution in [0.3, 0.4) is 0 Å². The van der Waals surface area contributed by atoms with E-state index in [1.807, 2.05) is 10.7 Å². The van der Waals surface area contributed by atoms with Gasteiger partial charge in [-0.25, -0.2) is 0 Å². The monoisotopic (exact) mass is 474 g/mol. The lowest BCUT2D eigenvalue weighted by molar-refractivity contribution is 0.335. The Hall–Kier alpha value is 2.16. The molecule has 0 amide bonds. The first-order chi connectivity index (χ1) is 9.97. The molecule has 2 saturated heterocycles. The fraction of sp³-hybridized carbons (Fsp3) is 0. The second-order valence-electron chi connectivity index (χ2n) is 3.57. The molecule has 0 aromatic rings. The van der Waals surface area contributed by atoms with E-state index >= 15 is 0 Å². The van der Waals surface area contributed by atoms with Crippen molar-refractivity contribution in [3.63, 3.8) is 0 Å². The van der Waals surface area contributed by atoms with Crippen LogP contribution in [0.1, 0.15) is 0 Å². The van der Waals surface area contributed by atoms with E-state index in [2.05, 4.69) is 0 Å². The van der Waals surface area contributed by atoms with Crippen LogP contribution in [0.5, 0.6) is 0 Å². The molecule has 0 aromatic heterocycles. The molecule has 0 bridgehead atoms. The van der Waals surface area contributed by atoms with Crippen molar-refractivity contribution < 1.29 is 37.0 Å². The van der Waals surface area contributed by atoms with Crippen LogP contribution in [0.15, 0.2) is 0 Å². The summed E-state index contributed by atoms with van der Waals surface area (Å²) in [6.07, 6.45) is 0. The van der Waals surface area contributed by atoms with E-state index in [1.165, 1.54) is 0 Å². The summed E-state index contributed by atoms with van der Waals surface area (Å²) in [5.74, 6) is 0. The van der Waals surface area contributed by atoms with Gasteiger partial charge in [0.1, 0.15) is 0 Å². The van der Waals surface area contributed by atoms with Gasteiger partial charge in [-0.1, -0.05) is 0 Å². The van der Waals surface area contributed by atoms with E-state index in [9.17, 15) is 0 Å². The van der Waals surface area contributed by atoms with E-state index in [0.717, 1.165) is 0 Å². The Labute approximate surface area is 142 Å². The molecular formula is H18O9SSi10. The molecule has 2 fully saturated rings. The summed E-state index contributed by atoms with van der Waals surface area (Å²) in [7, 11) is -8.36. The van der Waals surface area contributed by atoms with Crippen molar-refractivity contribution in [1.82, 2.24) is 0 Å². The summed E-state index contributed by atoms with van der Waals surface area (Å²) >= 11 is 0. The molecule has 2 rings (SSSR count). The van der Waals surface area contributed by atoms with Crippen molar-refractivity contribution in [1.29, 1.82) is 0 Å². The lowest BCUT2D eigenvalue weighted by Gasteiger charge is -2.26. The Morgan fingerprint density at radius 2 is 1.05 bits per heavy atom. The van der Waals surface area contributed by atoms with Crippen molar-refractivity contribution in [3.05, 3.63) is 0 Å². The number of hydrogen-bond donors (Lipinski definition) is 0. The largest absolute Gasteiger partial charge is 0.437 e. The highest BCUT2D eigenvalue weighted by Gasteiger charge is 2.31. The molecular weight excluding hydrogens is 457 g/mol. The Morgan fingerprint density at radius 1 is 0.550 bits per heavy atom. The predicted octanol–water partition coefficient (Wildman–Crippen LogP) is -8.59. The second-order valence-corrected chi connectivity index (χ2v) is 32.1. The fourth-order valence-corrected chi connectivity index (χ4v) is 47.1. The molecule has 0 aliphatic carbocycles. The van der Waals surface area contributed by atoms with E-state index in [-0.39, 0.29) is 0 Å². The number of hydrogen-bond acceptors (Lipinski definition) is 10. The van der Waals surface area contributed by atoms with Crippen LogP contribution in [0, 0.1) is 0 Å². The molecule has 0 aromatic carbocycles. The van der Waals surface area contributed by atoms with Gasteiger partial charge in [-0.2, -0.15) is 10.7 Å². The van der Waals surface area contributed by atoms with Crippen LogP contribution >= 0.6 is 10.7 Å². The van der Waals surface area contributed by atoms with Crippen molar-refractivity contribution in [2.45, 2.75) is 0 Å². The molecule has 20 heteroatoms.